The van der Waals surface area contributed by atoms with E-state index in [0.717, 1.165) is 15.7 Å². The number of aryl methyl sites for hydroxylation is 1. The molecule has 2 aromatic carbocycles. The maximum atomic E-state index is 13.7. The highest BCUT2D eigenvalue weighted by Gasteiger charge is 2.07. The highest BCUT2D eigenvalue weighted by atomic mass is 79.9. The van der Waals surface area contributed by atoms with Crippen molar-refractivity contribution in [3.05, 3.63) is 63.4 Å². The van der Waals surface area contributed by atoms with Crippen molar-refractivity contribution < 1.29 is 9.18 Å². The molecule has 3 N–H and O–H groups in total. The van der Waals surface area contributed by atoms with Gasteiger partial charge in [-0.25, -0.2) is 4.39 Å². The Hall–Kier alpha value is -1.88. The van der Waals surface area contributed by atoms with Gasteiger partial charge in [0.25, 0.3) is 0 Å². The van der Waals surface area contributed by atoms with E-state index >= 15 is 0 Å². The standard InChI is InChI=1S/C15H14BrFN2O/c1-9-2-4-12(16)7-14(9)19-8-11-6-10(15(18)20)3-5-13(11)17/h2-7,19H,8H2,1H3,(H2,18,20). The van der Waals surface area contributed by atoms with Crippen LogP contribution >= 0.6 is 15.9 Å². The molecule has 104 valence electrons. The zero-order valence-corrected chi connectivity index (χ0v) is 12.5. The molecule has 3 nitrogen and oxygen atoms in total. The van der Waals surface area contributed by atoms with E-state index in [-0.39, 0.29) is 12.4 Å². The molecule has 5 heteroatoms. The van der Waals surface area contributed by atoms with Gasteiger partial charge in [-0.1, -0.05) is 22.0 Å². The molecule has 0 bridgehead atoms. The maximum Gasteiger partial charge on any atom is 0.248 e. The summed E-state index contributed by atoms with van der Waals surface area (Å²) in [6.45, 7) is 2.25. The van der Waals surface area contributed by atoms with Crippen molar-refractivity contribution in [1.82, 2.24) is 0 Å². The summed E-state index contributed by atoms with van der Waals surface area (Å²) in [6.07, 6.45) is 0. The molecule has 0 saturated heterocycles. The molecule has 0 aliphatic carbocycles. The number of rotatable bonds is 4. The van der Waals surface area contributed by atoms with Gasteiger partial charge in [-0.3, -0.25) is 4.79 Å². The summed E-state index contributed by atoms with van der Waals surface area (Å²) in [4.78, 5) is 11.1. The Morgan fingerprint density at radius 2 is 2.05 bits per heavy atom. The minimum atomic E-state index is -0.565. The fourth-order valence-corrected chi connectivity index (χ4v) is 2.20. The Labute approximate surface area is 125 Å². The summed E-state index contributed by atoms with van der Waals surface area (Å²) >= 11 is 3.39. The first-order valence-electron chi connectivity index (χ1n) is 6.05. The molecule has 0 spiro atoms. The zero-order valence-electron chi connectivity index (χ0n) is 10.9. The topological polar surface area (TPSA) is 55.1 Å². The second kappa shape index (κ2) is 6.05. The molecular formula is C15H14BrFN2O. The van der Waals surface area contributed by atoms with Crippen LogP contribution in [0.4, 0.5) is 10.1 Å². The average molecular weight is 337 g/mol. The van der Waals surface area contributed by atoms with Crippen LogP contribution in [-0.4, -0.2) is 5.91 Å². The summed E-state index contributed by atoms with van der Waals surface area (Å²) in [7, 11) is 0. The molecule has 0 radical (unpaired) electrons. The van der Waals surface area contributed by atoms with Crippen LogP contribution in [0.15, 0.2) is 40.9 Å². The SMILES string of the molecule is Cc1ccc(Br)cc1NCc1cc(C(N)=O)ccc1F. The first-order valence-corrected chi connectivity index (χ1v) is 6.85. The largest absolute Gasteiger partial charge is 0.381 e. The summed E-state index contributed by atoms with van der Waals surface area (Å²) in [5.41, 5.74) is 7.86. The monoisotopic (exact) mass is 336 g/mol. The molecule has 0 aliphatic heterocycles. The molecule has 0 saturated carbocycles. The molecule has 0 fully saturated rings. The van der Waals surface area contributed by atoms with Crippen LogP contribution in [0.2, 0.25) is 0 Å². The highest BCUT2D eigenvalue weighted by molar-refractivity contribution is 9.10. The van der Waals surface area contributed by atoms with Crippen LogP contribution in [0.25, 0.3) is 0 Å². The van der Waals surface area contributed by atoms with Crippen LogP contribution in [0.5, 0.6) is 0 Å². The van der Waals surface area contributed by atoms with Crippen molar-refractivity contribution in [2.75, 3.05) is 5.32 Å². The minimum Gasteiger partial charge on any atom is -0.381 e. The van der Waals surface area contributed by atoms with E-state index in [0.29, 0.717) is 11.1 Å². The molecule has 1 amide bonds. The van der Waals surface area contributed by atoms with Crippen LogP contribution in [-0.2, 0) is 6.54 Å². The van der Waals surface area contributed by atoms with Gasteiger partial charge in [-0.15, -0.1) is 0 Å². The lowest BCUT2D eigenvalue weighted by atomic mass is 10.1. The summed E-state index contributed by atoms with van der Waals surface area (Å²) in [5.74, 6) is -0.931. The van der Waals surface area contributed by atoms with Gasteiger partial charge in [0, 0.05) is 27.8 Å². The van der Waals surface area contributed by atoms with Gasteiger partial charge in [0.15, 0.2) is 0 Å². The highest BCUT2D eigenvalue weighted by Crippen LogP contribution is 2.22. The number of amides is 1. The van der Waals surface area contributed by atoms with Crippen molar-refractivity contribution in [2.45, 2.75) is 13.5 Å². The second-order valence-corrected chi connectivity index (χ2v) is 5.40. The van der Waals surface area contributed by atoms with Crippen molar-refractivity contribution in [3.63, 3.8) is 0 Å². The van der Waals surface area contributed by atoms with E-state index in [1.807, 2.05) is 25.1 Å². The average Bonchev–Trinajstić information content (AvgIpc) is 2.41. The third kappa shape index (κ3) is 3.36. The summed E-state index contributed by atoms with van der Waals surface area (Å²) in [6, 6.07) is 9.93. The lowest BCUT2D eigenvalue weighted by Gasteiger charge is -2.11. The predicted octanol–water partition coefficient (Wildman–Crippen LogP) is 3.61. The molecular weight excluding hydrogens is 323 g/mol. The van der Waals surface area contributed by atoms with Crippen LogP contribution < -0.4 is 11.1 Å². The number of hydrogen-bond acceptors (Lipinski definition) is 2. The quantitative estimate of drug-likeness (QED) is 0.896. The molecule has 2 rings (SSSR count). The Kier molecular flexibility index (Phi) is 4.39. The molecule has 0 aliphatic rings. The summed E-state index contributed by atoms with van der Waals surface area (Å²) < 4.78 is 14.7. The second-order valence-electron chi connectivity index (χ2n) is 4.48. The van der Waals surface area contributed by atoms with Crippen LogP contribution in [0.1, 0.15) is 21.5 Å². The van der Waals surface area contributed by atoms with Gasteiger partial charge in [-0.2, -0.15) is 0 Å². The third-order valence-electron chi connectivity index (χ3n) is 3.00. The Bertz CT molecular complexity index is 658. The van der Waals surface area contributed by atoms with E-state index in [4.69, 9.17) is 5.73 Å². The fraction of sp³-hybridized carbons (Fsp3) is 0.133. The Morgan fingerprint density at radius 1 is 1.30 bits per heavy atom. The van der Waals surface area contributed by atoms with E-state index in [1.54, 1.807) is 0 Å². The number of nitrogens with two attached hydrogens (primary N) is 1. The molecule has 0 heterocycles. The minimum absolute atomic E-state index is 0.282. The normalized spacial score (nSPS) is 10.3. The van der Waals surface area contributed by atoms with Gasteiger partial charge in [0.1, 0.15) is 5.82 Å². The molecule has 20 heavy (non-hydrogen) atoms. The van der Waals surface area contributed by atoms with Gasteiger partial charge in [0.2, 0.25) is 5.91 Å². The van der Waals surface area contributed by atoms with Crippen LogP contribution in [0, 0.1) is 12.7 Å². The number of halogens is 2. The number of primary amides is 1. The molecule has 2 aromatic rings. The smallest absolute Gasteiger partial charge is 0.248 e. The van der Waals surface area contributed by atoms with Crippen molar-refractivity contribution in [2.24, 2.45) is 5.73 Å². The predicted molar refractivity (Wildman–Crippen MR) is 81.1 cm³/mol. The zero-order chi connectivity index (χ0) is 14.7. The third-order valence-corrected chi connectivity index (χ3v) is 3.49. The number of hydrogen-bond donors (Lipinski definition) is 2. The molecule has 0 unspecified atom stereocenters. The number of carbonyl (C=O) groups excluding carboxylic acids is 1. The molecule has 0 aromatic heterocycles. The van der Waals surface area contributed by atoms with Crippen molar-refractivity contribution in [1.29, 1.82) is 0 Å². The Morgan fingerprint density at radius 3 is 2.75 bits per heavy atom. The first-order chi connectivity index (χ1) is 9.47. The number of carbonyl (C=O) groups is 1. The van der Waals surface area contributed by atoms with Gasteiger partial charge in [-0.05, 0) is 42.8 Å². The number of anilines is 1. The Balaban J connectivity index is 2.20. The summed E-state index contributed by atoms with van der Waals surface area (Å²) in [5, 5.41) is 3.15. The van der Waals surface area contributed by atoms with E-state index < -0.39 is 5.91 Å². The van der Waals surface area contributed by atoms with Crippen molar-refractivity contribution in [3.8, 4) is 0 Å². The van der Waals surface area contributed by atoms with Crippen molar-refractivity contribution >= 4 is 27.5 Å². The first kappa shape index (κ1) is 14.5. The lowest BCUT2D eigenvalue weighted by Crippen LogP contribution is -2.12. The number of nitrogens with one attached hydrogen (secondary N) is 1. The number of benzene rings is 2. The van der Waals surface area contributed by atoms with E-state index in [9.17, 15) is 9.18 Å². The van der Waals surface area contributed by atoms with Gasteiger partial charge < -0.3 is 11.1 Å². The maximum absolute atomic E-state index is 13.7. The molecule has 0 atom stereocenters. The van der Waals surface area contributed by atoms with Crippen LogP contribution in [0.3, 0.4) is 0 Å². The lowest BCUT2D eigenvalue weighted by molar-refractivity contribution is 0.1000. The van der Waals surface area contributed by atoms with Gasteiger partial charge in [0.05, 0.1) is 0 Å². The van der Waals surface area contributed by atoms with E-state index in [1.165, 1.54) is 18.2 Å². The van der Waals surface area contributed by atoms with Gasteiger partial charge >= 0.3 is 0 Å². The fourth-order valence-electron chi connectivity index (χ4n) is 1.84. The van der Waals surface area contributed by atoms with E-state index in [2.05, 4.69) is 21.2 Å².